The van der Waals surface area contributed by atoms with Gasteiger partial charge in [-0.15, -0.1) is 0 Å². The number of nitrogens with one attached hydrogen (secondary N) is 1. The predicted octanol–water partition coefficient (Wildman–Crippen LogP) is 5.29. The molecule has 0 spiro atoms. The second-order valence-corrected chi connectivity index (χ2v) is 5.63. The summed E-state index contributed by atoms with van der Waals surface area (Å²) in [5, 5.41) is 3.87. The molecule has 0 radical (unpaired) electrons. The molecule has 1 N–H and O–H groups in total. The molecule has 0 bridgehead atoms. The monoisotopic (exact) mass is 311 g/mol. The highest BCUT2D eigenvalue weighted by Crippen LogP contribution is 2.32. The maximum Gasteiger partial charge on any atom is 0.142 e. The van der Waals surface area contributed by atoms with Gasteiger partial charge in [0.2, 0.25) is 0 Å². The molecule has 20 heavy (non-hydrogen) atoms. The van der Waals surface area contributed by atoms with Gasteiger partial charge in [0.05, 0.1) is 5.02 Å². The van der Waals surface area contributed by atoms with Gasteiger partial charge in [0.15, 0.2) is 0 Å². The van der Waals surface area contributed by atoms with Crippen molar-refractivity contribution >= 4 is 23.2 Å². The van der Waals surface area contributed by atoms with Crippen molar-refractivity contribution in [3.63, 3.8) is 0 Å². The van der Waals surface area contributed by atoms with E-state index >= 15 is 0 Å². The highest BCUT2D eigenvalue weighted by Gasteiger charge is 2.16. The van der Waals surface area contributed by atoms with Crippen LogP contribution in [0.5, 0.6) is 0 Å². The van der Waals surface area contributed by atoms with Gasteiger partial charge in [0.25, 0.3) is 0 Å². The van der Waals surface area contributed by atoms with Crippen LogP contribution in [0.1, 0.15) is 29.7 Å². The Bertz CT molecular complexity index is 613. The summed E-state index contributed by atoms with van der Waals surface area (Å²) in [5.41, 5.74) is 2.97. The molecule has 1 atom stereocenters. The van der Waals surface area contributed by atoms with Crippen LogP contribution in [0.15, 0.2) is 36.4 Å². The number of hydrogen-bond acceptors (Lipinski definition) is 1. The smallest absolute Gasteiger partial charge is 0.142 e. The molecular formula is C16H16Cl2FN. The van der Waals surface area contributed by atoms with Crippen LogP contribution >= 0.6 is 23.2 Å². The topological polar surface area (TPSA) is 12.0 Å². The van der Waals surface area contributed by atoms with Crippen molar-refractivity contribution in [1.82, 2.24) is 5.32 Å². The second kappa shape index (κ2) is 6.57. The summed E-state index contributed by atoms with van der Waals surface area (Å²) in [6.07, 6.45) is 0. The molecule has 0 heterocycles. The van der Waals surface area contributed by atoms with Crippen molar-refractivity contribution in [2.24, 2.45) is 0 Å². The van der Waals surface area contributed by atoms with Crippen molar-refractivity contribution in [2.75, 3.05) is 0 Å². The molecule has 0 aliphatic carbocycles. The average molecular weight is 312 g/mol. The van der Waals surface area contributed by atoms with Gasteiger partial charge in [-0.2, -0.15) is 0 Å². The van der Waals surface area contributed by atoms with E-state index < -0.39 is 5.82 Å². The van der Waals surface area contributed by atoms with Crippen LogP contribution in [0.2, 0.25) is 10.0 Å². The minimum Gasteiger partial charge on any atom is -0.306 e. The Balaban J connectivity index is 2.13. The SMILES string of the molecule is Cc1cccc(CNC(C)c2c(Cl)ccc(F)c2Cl)c1. The summed E-state index contributed by atoms with van der Waals surface area (Å²) in [6, 6.07) is 10.9. The van der Waals surface area contributed by atoms with Gasteiger partial charge in [-0.05, 0) is 31.5 Å². The van der Waals surface area contributed by atoms with Crippen LogP contribution in [0.4, 0.5) is 4.39 Å². The zero-order valence-electron chi connectivity index (χ0n) is 11.4. The zero-order chi connectivity index (χ0) is 14.7. The molecule has 1 nitrogen and oxygen atoms in total. The van der Waals surface area contributed by atoms with Crippen LogP contribution in [0, 0.1) is 12.7 Å². The van der Waals surface area contributed by atoms with Crippen LogP contribution in [0.3, 0.4) is 0 Å². The van der Waals surface area contributed by atoms with Crippen LogP contribution < -0.4 is 5.32 Å². The molecule has 0 amide bonds. The van der Waals surface area contributed by atoms with Crippen molar-refractivity contribution < 1.29 is 4.39 Å². The van der Waals surface area contributed by atoms with E-state index in [2.05, 4.69) is 11.4 Å². The van der Waals surface area contributed by atoms with Gasteiger partial charge < -0.3 is 5.32 Å². The highest BCUT2D eigenvalue weighted by molar-refractivity contribution is 6.36. The average Bonchev–Trinajstić information content (AvgIpc) is 2.41. The Hall–Kier alpha value is -1.09. The van der Waals surface area contributed by atoms with E-state index in [4.69, 9.17) is 23.2 Å². The van der Waals surface area contributed by atoms with Gasteiger partial charge in [-0.25, -0.2) is 4.39 Å². The van der Waals surface area contributed by atoms with E-state index in [1.165, 1.54) is 23.3 Å². The summed E-state index contributed by atoms with van der Waals surface area (Å²) < 4.78 is 13.5. The fourth-order valence-corrected chi connectivity index (χ4v) is 2.83. The summed E-state index contributed by atoms with van der Waals surface area (Å²) in [4.78, 5) is 0. The Labute approximate surface area is 128 Å². The van der Waals surface area contributed by atoms with Crippen LogP contribution in [-0.4, -0.2) is 0 Å². The third-order valence-electron chi connectivity index (χ3n) is 3.21. The molecule has 0 saturated carbocycles. The molecule has 0 aromatic heterocycles. The molecule has 2 rings (SSSR count). The lowest BCUT2D eigenvalue weighted by atomic mass is 10.1. The number of benzene rings is 2. The van der Waals surface area contributed by atoms with Crippen LogP contribution in [-0.2, 0) is 6.54 Å². The molecule has 1 unspecified atom stereocenters. The van der Waals surface area contributed by atoms with Gasteiger partial charge >= 0.3 is 0 Å². The second-order valence-electron chi connectivity index (χ2n) is 4.85. The third kappa shape index (κ3) is 3.51. The molecule has 4 heteroatoms. The normalized spacial score (nSPS) is 12.4. The predicted molar refractivity (Wildman–Crippen MR) is 82.9 cm³/mol. The first-order valence-electron chi connectivity index (χ1n) is 6.41. The van der Waals surface area contributed by atoms with Crippen molar-refractivity contribution in [3.05, 3.63) is 69.0 Å². The summed E-state index contributed by atoms with van der Waals surface area (Å²) in [6.45, 7) is 4.64. The van der Waals surface area contributed by atoms with E-state index in [0.29, 0.717) is 17.1 Å². The first-order chi connectivity index (χ1) is 9.49. The maximum absolute atomic E-state index is 13.5. The van der Waals surface area contributed by atoms with Gasteiger partial charge in [0.1, 0.15) is 5.82 Å². The molecule has 0 fully saturated rings. The Morgan fingerprint density at radius 3 is 2.65 bits per heavy atom. The molecule has 0 aliphatic rings. The van der Waals surface area contributed by atoms with Crippen molar-refractivity contribution in [1.29, 1.82) is 0 Å². The molecule has 2 aromatic carbocycles. The van der Waals surface area contributed by atoms with E-state index in [0.717, 1.165) is 0 Å². The maximum atomic E-state index is 13.5. The van der Waals surface area contributed by atoms with E-state index in [1.54, 1.807) is 0 Å². The fourth-order valence-electron chi connectivity index (χ4n) is 2.13. The Kier molecular flexibility index (Phi) is 5.03. The largest absolute Gasteiger partial charge is 0.306 e. The first kappa shape index (κ1) is 15.3. The van der Waals surface area contributed by atoms with Crippen molar-refractivity contribution in [2.45, 2.75) is 26.4 Å². The van der Waals surface area contributed by atoms with Crippen LogP contribution in [0.25, 0.3) is 0 Å². The number of aryl methyl sites for hydroxylation is 1. The molecule has 106 valence electrons. The van der Waals surface area contributed by atoms with E-state index in [1.807, 2.05) is 32.0 Å². The van der Waals surface area contributed by atoms with Crippen molar-refractivity contribution in [3.8, 4) is 0 Å². The summed E-state index contributed by atoms with van der Waals surface area (Å²) in [5.74, 6) is -0.449. The van der Waals surface area contributed by atoms with Gasteiger partial charge in [-0.3, -0.25) is 0 Å². The third-order valence-corrected chi connectivity index (χ3v) is 3.92. The lowest BCUT2D eigenvalue weighted by Gasteiger charge is -2.17. The van der Waals surface area contributed by atoms with Gasteiger partial charge in [-0.1, -0.05) is 53.0 Å². The Morgan fingerprint density at radius 1 is 1.20 bits per heavy atom. The quantitative estimate of drug-likeness (QED) is 0.756. The highest BCUT2D eigenvalue weighted by atomic mass is 35.5. The summed E-state index contributed by atoms with van der Waals surface area (Å²) >= 11 is 12.1. The number of halogens is 3. The van der Waals surface area contributed by atoms with Gasteiger partial charge in [0, 0.05) is 23.2 Å². The molecule has 0 saturated heterocycles. The number of hydrogen-bond donors (Lipinski definition) is 1. The fraction of sp³-hybridized carbons (Fsp3) is 0.250. The molecule has 2 aromatic rings. The van der Waals surface area contributed by atoms with E-state index in [-0.39, 0.29) is 11.1 Å². The first-order valence-corrected chi connectivity index (χ1v) is 7.17. The summed E-state index contributed by atoms with van der Waals surface area (Å²) in [7, 11) is 0. The lowest BCUT2D eigenvalue weighted by Crippen LogP contribution is -2.19. The molecular weight excluding hydrogens is 296 g/mol. The minimum absolute atomic E-state index is 0.0849. The van der Waals surface area contributed by atoms with E-state index in [9.17, 15) is 4.39 Å². The Morgan fingerprint density at radius 2 is 1.95 bits per heavy atom. The standard InChI is InChI=1S/C16H16Cl2FN/c1-10-4-3-5-12(8-10)9-20-11(2)15-13(17)6-7-14(19)16(15)18/h3-8,11,20H,9H2,1-2H3. The number of rotatable bonds is 4. The lowest BCUT2D eigenvalue weighted by molar-refractivity contribution is 0.565. The minimum atomic E-state index is -0.449. The molecule has 0 aliphatic heterocycles. The zero-order valence-corrected chi connectivity index (χ0v) is 12.9.